The Morgan fingerprint density at radius 1 is 1.39 bits per heavy atom. The zero-order valence-corrected chi connectivity index (χ0v) is 15.5. The quantitative estimate of drug-likeness (QED) is 0.853. The first-order chi connectivity index (χ1) is 11.1. The monoisotopic (exact) mass is 378 g/mol. The molecular weight excluding hydrogens is 352 g/mol. The molecule has 1 aromatic carbocycles. The number of benzene rings is 1. The summed E-state index contributed by atoms with van der Waals surface area (Å²) < 4.78 is 1.09. The highest BCUT2D eigenvalue weighted by Crippen LogP contribution is 2.34. The van der Waals surface area contributed by atoms with E-state index >= 15 is 0 Å². The third-order valence-electron chi connectivity index (χ3n) is 5.44. The van der Waals surface area contributed by atoms with Crippen molar-refractivity contribution in [2.45, 2.75) is 45.1 Å². The van der Waals surface area contributed by atoms with Crippen LogP contribution in [0.1, 0.15) is 50.6 Å². The summed E-state index contributed by atoms with van der Waals surface area (Å²) in [6, 6.07) is 8.68. The SMILES string of the molecule is CC(CC(=O)N1CCCC1c1cccc(Br)c1)C1CCCNC1. The highest BCUT2D eigenvalue weighted by molar-refractivity contribution is 9.10. The van der Waals surface area contributed by atoms with Crippen LogP contribution in [-0.4, -0.2) is 30.4 Å². The number of nitrogens with one attached hydrogen (secondary N) is 1. The van der Waals surface area contributed by atoms with E-state index in [-0.39, 0.29) is 6.04 Å². The fourth-order valence-electron chi connectivity index (χ4n) is 4.05. The molecule has 0 spiro atoms. The van der Waals surface area contributed by atoms with Gasteiger partial charge in [0.25, 0.3) is 0 Å². The van der Waals surface area contributed by atoms with Gasteiger partial charge in [0, 0.05) is 17.4 Å². The van der Waals surface area contributed by atoms with Crippen LogP contribution in [0.3, 0.4) is 0 Å². The fourth-order valence-corrected chi connectivity index (χ4v) is 4.47. The van der Waals surface area contributed by atoms with Crippen molar-refractivity contribution < 1.29 is 4.79 Å². The lowest BCUT2D eigenvalue weighted by molar-refractivity contribution is -0.133. The number of likely N-dealkylation sites (tertiary alicyclic amines) is 1. The number of amides is 1. The van der Waals surface area contributed by atoms with Gasteiger partial charge in [-0.05, 0) is 68.3 Å². The molecule has 3 unspecified atom stereocenters. The highest BCUT2D eigenvalue weighted by atomic mass is 79.9. The molecule has 0 saturated carbocycles. The van der Waals surface area contributed by atoms with Crippen LogP contribution < -0.4 is 5.32 Å². The molecule has 2 saturated heterocycles. The second kappa shape index (κ2) is 7.80. The summed E-state index contributed by atoms with van der Waals surface area (Å²) in [6.45, 7) is 5.36. The fraction of sp³-hybridized carbons (Fsp3) is 0.632. The van der Waals surface area contributed by atoms with Crippen LogP contribution in [-0.2, 0) is 4.79 Å². The van der Waals surface area contributed by atoms with Crippen molar-refractivity contribution in [2.75, 3.05) is 19.6 Å². The van der Waals surface area contributed by atoms with E-state index in [1.54, 1.807) is 0 Å². The van der Waals surface area contributed by atoms with Crippen LogP contribution in [0, 0.1) is 11.8 Å². The normalized spacial score (nSPS) is 26.3. The molecule has 126 valence electrons. The number of hydrogen-bond acceptors (Lipinski definition) is 2. The summed E-state index contributed by atoms with van der Waals surface area (Å²) in [5.41, 5.74) is 1.26. The van der Waals surface area contributed by atoms with Crippen molar-refractivity contribution in [3.63, 3.8) is 0 Å². The maximum atomic E-state index is 12.9. The summed E-state index contributed by atoms with van der Waals surface area (Å²) in [7, 11) is 0. The van der Waals surface area contributed by atoms with Crippen molar-refractivity contribution in [3.8, 4) is 0 Å². The van der Waals surface area contributed by atoms with Crippen LogP contribution in [0.5, 0.6) is 0 Å². The number of halogens is 1. The minimum atomic E-state index is 0.261. The van der Waals surface area contributed by atoms with Crippen molar-refractivity contribution in [1.82, 2.24) is 10.2 Å². The highest BCUT2D eigenvalue weighted by Gasteiger charge is 2.32. The number of piperidine rings is 1. The van der Waals surface area contributed by atoms with Gasteiger partial charge in [-0.2, -0.15) is 0 Å². The summed E-state index contributed by atoms with van der Waals surface area (Å²) in [5.74, 6) is 1.46. The number of nitrogens with zero attached hydrogens (tertiary/aromatic N) is 1. The third-order valence-corrected chi connectivity index (χ3v) is 5.94. The first-order valence-corrected chi connectivity index (χ1v) is 9.70. The minimum Gasteiger partial charge on any atom is -0.336 e. The number of rotatable bonds is 4. The van der Waals surface area contributed by atoms with Crippen molar-refractivity contribution in [3.05, 3.63) is 34.3 Å². The van der Waals surface area contributed by atoms with Gasteiger partial charge in [0.05, 0.1) is 6.04 Å². The number of hydrogen-bond donors (Lipinski definition) is 1. The lowest BCUT2D eigenvalue weighted by Crippen LogP contribution is -2.37. The molecule has 3 rings (SSSR count). The molecule has 3 atom stereocenters. The molecule has 23 heavy (non-hydrogen) atoms. The topological polar surface area (TPSA) is 32.3 Å². The smallest absolute Gasteiger partial charge is 0.223 e. The molecule has 2 fully saturated rings. The molecule has 3 nitrogen and oxygen atoms in total. The van der Waals surface area contributed by atoms with Gasteiger partial charge in [0.1, 0.15) is 0 Å². The van der Waals surface area contributed by atoms with Gasteiger partial charge in [-0.25, -0.2) is 0 Å². The van der Waals surface area contributed by atoms with Crippen molar-refractivity contribution in [2.24, 2.45) is 11.8 Å². The molecule has 0 aromatic heterocycles. The summed E-state index contributed by atoms with van der Waals surface area (Å²) in [6.07, 6.45) is 5.39. The van der Waals surface area contributed by atoms with Crippen LogP contribution in [0.25, 0.3) is 0 Å². The van der Waals surface area contributed by atoms with Gasteiger partial charge in [-0.3, -0.25) is 4.79 Å². The molecule has 1 aromatic rings. The van der Waals surface area contributed by atoms with E-state index in [9.17, 15) is 4.79 Å². The predicted molar refractivity (Wildman–Crippen MR) is 97.2 cm³/mol. The molecule has 0 aliphatic carbocycles. The Bertz CT molecular complexity index is 542. The number of carbonyl (C=O) groups excluding carboxylic acids is 1. The summed E-state index contributed by atoms with van der Waals surface area (Å²) in [5, 5.41) is 3.47. The Morgan fingerprint density at radius 2 is 2.26 bits per heavy atom. The molecule has 1 N–H and O–H groups in total. The van der Waals surface area contributed by atoms with E-state index in [0.717, 1.165) is 36.9 Å². The third kappa shape index (κ3) is 4.16. The van der Waals surface area contributed by atoms with E-state index in [1.807, 2.05) is 6.07 Å². The predicted octanol–water partition coefficient (Wildman–Crippen LogP) is 4.14. The Hall–Kier alpha value is -0.870. The van der Waals surface area contributed by atoms with E-state index in [0.29, 0.717) is 24.2 Å². The van der Waals surface area contributed by atoms with Gasteiger partial charge < -0.3 is 10.2 Å². The van der Waals surface area contributed by atoms with E-state index in [1.165, 1.54) is 18.4 Å². The van der Waals surface area contributed by atoms with Crippen LogP contribution in [0.4, 0.5) is 0 Å². The average Bonchev–Trinajstić information content (AvgIpc) is 3.05. The van der Waals surface area contributed by atoms with Gasteiger partial charge >= 0.3 is 0 Å². The maximum Gasteiger partial charge on any atom is 0.223 e. The van der Waals surface area contributed by atoms with Gasteiger partial charge in [0.15, 0.2) is 0 Å². The van der Waals surface area contributed by atoms with E-state index in [4.69, 9.17) is 0 Å². The lowest BCUT2D eigenvalue weighted by Gasteiger charge is -2.31. The second-order valence-electron chi connectivity index (χ2n) is 7.09. The Labute approximate surface area is 148 Å². The lowest BCUT2D eigenvalue weighted by atomic mass is 9.85. The van der Waals surface area contributed by atoms with Crippen LogP contribution in [0.15, 0.2) is 28.7 Å². The second-order valence-corrected chi connectivity index (χ2v) is 8.00. The molecule has 4 heteroatoms. The summed E-state index contributed by atoms with van der Waals surface area (Å²) in [4.78, 5) is 15.0. The largest absolute Gasteiger partial charge is 0.336 e. The van der Waals surface area contributed by atoms with E-state index in [2.05, 4.69) is 51.3 Å². The average molecular weight is 379 g/mol. The molecule has 2 aliphatic rings. The molecule has 2 heterocycles. The molecule has 0 bridgehead atoms. The van der Waals surface area contributed by atoms with Gasteiger partial charge in [-0.15, -0.1) is 0 Å². The minimum absolute atomic E-state index is 0.261. The maximum absolute atomic E-state index is 12.9. The molecular formula is C19H27BrN2O. The van der Waals surface area contributed by atoms with Crippen LogP contribution >= 0.6 is 15.9 Å². The van der Waals surface area contributed by atoms with E-state index < -0.39 is 0 Å². The van der Waals surface area contributed by atoms with Gasteiger partial charge in [-0.1, -0.05) is 35.0 Å². The zero-order valence-electron chi connectivity index (χ0n) is 13.9. The van der Waals surface area contributed by atoms with Crippen molar-refractivity contribution in [1.29, 1.82) is 0 Å². The zero-order chi connectivity index (χ0) is 16.2. The molecule has 1 amide bonds. The van der Waals surface area contributed by atoms with Gasteiger partial charge in [0.2, 0.25) is 5.91 Å². The Kier molecular flexibility index (Phi) is 5.76. The first-order valence-electron chi connectivity index (χ1n) is 8.91. The number of carbonyl (C=O) groups is 1. The van der Waals surface area contributed by atoms with Crippen molar-refractivity contribution >= 4 is 21.8 Å². The Balaban J connectivity index is 1.63. The van der Waals surface area contributed by atoms with Crippen LogP contribution in [0.2, 0.25) is 0 Å². The summed E-state index contributed by atoms with van der Waals surface area (Å²) >= 11 is 3.55. The Morgan fingerprint density at radius 3 is 3.00 bits per heavy atom. The molecule has 0 radical (unpaired) electrons. The first kappa shape index (κ1) is 17.0. The molecule has 2 aliphatic heterocycles. The standard InChI is InChI=1S/C19H27BrN2O/c1-14(16-6-3-9-21-13-16)11-19(23)22-10-4-8-18(22)15-5-2-7-17(20)12-15/h2,5,7,12,14,16,18,21H,3-4,6,8-11,13H2,1H3.